The van der Waals surface area contributed by atoms with Gasteiger partial charge in [0.25, 0.3) is 0 Å². The van der Waals surface area contributed by atoms with E-state index < -0.39 is 28.9 Å². The van der Waals surface area contributed by atoms with Gasteiger partial charge in [-0.25, -0.2) is 14.6 Å². The molecule has 8 heteroatoms. The highest BCUT2D eigenvalue weighted by Gasteiger charge is 2.19. The number of amides is 1. The van der Waals surface area contributed by atoms with Crippen molar-refractivity contribution in [1.82, 2.24) is 5.12 Å². The fourth-order valence-electron chi connectivity index (χ4n) is 1.01. The molecule has 0 fully saturated rings. The van der Waals surface area contributed by atoms with Gasteiger partial charge in [0.15, 0.2) is 17.4 Å². The highest BCUT2D eigenvalue weighted by Crippen LogP contribution is 2.29. The molecular formula is C8H8F3N3O2. The number of nitrogens with zero attached hydrogens (tertiary/aromatic N) is 1. The van der Waals surface area contributed by atoms with Crippen molar-refractivity contribution in [3.63, 3.8) is 0 Å². The van der Waals surface area contributed by atoms with Crippen molar-refractivity contribution in [1.29, 1.82) is 0 Å². The maximum absolute atomic E-state index is 13.2. The van der Waals surface area contributed by atoms with E-state index in [1.807, 2.05) is 5.43 Å². The SMILES string of the molecule is COc1c(F)cc(NN(N)C=O)c(F)c1F. The number of hydrogen-bond donors (Lipinski definition) is 2. The second-order valence-electron chi connectivity index (χ2n) is 2.69. The molecule has 0 bridgehead atoms. The molecule has 0 saturated carbocycles. The summed E-state index contributed by atoms with van der Waals surface area (Å²) < 4.78 is 43.8. The minimum absolute atomic E-state index is 0.0967. The Labute approximate surface area is 88.5 Å². The van der Waals surface area contributed by atoms with E-state index in [4.69, 9.17) is 5.84 Å². The van der Waals surface area contributed by atoms with Gasteiger partial charge in [-0.15, -0.1) is 0 Å². The van der Waals surface area contributed by atoms with Crippen LogP contribution >= 0.6 is 0 Å². The van der Waals surface area contributed by atoms with E-state index in [0.717, 1.165) is 7.11 Å². The Bertz CT molecular complexity index is 414. The van der Waals surface area contributed by atoms with Crippen LogP contribution in [0.1, 0.15) is 0 Å². The molecule has 0 aliphatic rings. The molecule has 1 rings (SSSR count). The van der Waals surface area contributed by atoms with E-state index in [1.54, 1.807) is 0 Å². The number of carbonyl (C=O) groups is 1. The van der Waals surface area contributed by atoms with Crippen LogP contribution in [0.15, 0.2) is 6.07 Å². The number of hydrogen-bond acceptors (Lipinski definition) is 4. The Hall–Kier alpha value is -1.96. The topological polar surface area (TPSA) is 67.6 Å². The normalized spacial score (nSPS) is 9.81. The van der Waals surface area contributed by atoms with Gasteiger partial charge in [0.2, 0.25) is 12.2 Å². The number of nitrogens with one attached hydrogen (secondary N) is 1. The van der Waals surface area contributed by atoms with Crippen LogP contribution in [0.2, 0.25) is 0 Å². The van der Waals surface area contributed by atoms with Crippen molar-refractivity contribution < 1.29 is 22.7 Å². The van der Waals surface area contributed by atoms with Crippen LogP contribution in [0.4, 0.5) is 18.9 Å². The molecule has 0 aliphatic carbocycles. The lowest BCUT2D eigenvalue weighted by Crippen LogP contribution is -2.35. The molecule has 1 amide bonds. The van der Waals surface area contributed by atoms with E-state index >= 15 is 0 Å². The number of carbonyl (C=O) groups excluding carboxylic acids is 1. The Morgan fingerprint density at radius 2 is 2.06 bits per heavy atom. The summed E-state index contributed by atoms with van der Waals surface area (Å²) in [6, 6.07) is 0.612. The number of ether oxygens (including phenoxy) is 1. The average Bonchev–Trinajstić information content (AvgIpc) is 2.26. The Morgan fingerprint density at radius 1 is 1.44 bits per heavy atom. The molecule has 0 heterocycles. The molecule has 16 heavy (non-hydrogen) atoms. The number of rotatable bonds is 4. The van der Waals surface area contributed by atoms with Gasteiger partial charge in [0, 0.05) is 6.07 Å². The number of hydrazine groups is 2. The minimum Gasteiger partial charge on any atom is -0.491 e. The molecule has 0 radical (unpaired) electrons. The van der Waals surface area contributed by atoms with Crippen LogP contribution < -0.4 is 16.0 Å². The number of benzene rings is 1. The summed E-state index contributed by atoms with van der Waals surface area (Å²) in [6.45, 7) is 0. The zero-order chi connectivity index (χ0) is 12.3. The molecule has 0 aliphatic heterocycles. The van der Waals surface area contributed by atoms with Gasteiger partial charge in [-0.2, -0.15) is 9.51 Å². The monoisotopic (exact) mass is 235 g/mol. The van der Waals surface area contributed by atoms with Gasteiger partial charge in [0.05, 0.1) is 12.8 Å². The fraction of sp³-hybridized carbons (Fsp3) is 0.125. The summed E-state index contributed by atoms with van der Waals surface area (Å²) in [4.78, 5) is 10.1. The molecule has 0 aromatic heterocycles. The van der Waals surface area contributed by atoms with Gasteiger partial charge >= 0.3 is 0 Å². The van der Waals surface area contributed by atoms with Crippen LogP contribution in [0.25, 0.3) is 0 Å². The molecule has 0 unspecified atom stereocenters. The molecule has 1 aromatic rings. The summed E-state index contributed by atoms with van der Waals surface area (Å²) in [7, 11) is 0.995. The van der Waals surface area contributed by atoms with Crippen LogP contribution in [0, 0.1) is 17.5 Å². The summed E-state index contributed by atoms with van der Waals surface area (Å²) in [6.07, 6.45) is 0.0967. The number of methoxy groups -OCH3 is 1. The summed E-state index contributed by atoms with van der Waals surface area (Å²) >= 11 is 0. The fourth-order valence-corrected chi connectivity index (χ4v) is 1.01. The first-order chi connectivity index (χ1) is 7.51. The smallest absolute Gasteiger partial charge is 0.242 e. The second kappa shape index (κ2) is 4.71. The maximum Gasteiger partial charge on any atom is 0.242 e. The van der Waals surface area contributed by atoms with Crippen molar-refractivity contribution in [3.05, 3.63) is 23.5 Å². The van der Waals surface area contributed by atoms with Gasteiger partial charge in [-0.05, 0) is 0 Å². The van der Waals surface area contributed by atoms with Gasteiger partial charge in [-0.3, -0.25) is 10.2 Å². The van der Waals surface area contributed by atoms with Crippen LogP contribution in [0.3, 0.4) is 0 Å². The molecule has 3 N–H and O–H groups in total. The quantitative estimate of drug-likeness (QED) is 0.266. The lowest BCUT2D eigenvalue weighted by Gasteiger charge is -2.15. The highest BCUT2D eigenvalue weighted by molar-refractivity contribution is 5.55. The van der Waals surface area contributed by atoms with E-state index in [-0.39, 0.29) is 6.41 Å². The molecule has 0 saturated heterocycles. The van der Waals surface area contributed by atoms with E-state index in [1.165, 1.54) is 0 Å². The first kappa shape index (κ1) is 12.1. The predicted molar refractivity (Wildman–Crippen MR) is 48.6 cm³/mol. The largest absolute Gasteiger partial charge is 0.491 e. The first-order valence-corrected chi connectivity index (χ1v) is 3.98. The van der Waals surface area contributed by atoms with Crippen molar-refractivity contribution in [2.24, 2.45) is 5.84 Å². The lowest BCUT2D eigenvalue weighted by molar-refractivity contribution is -0.117. The number of halogens is 3. The molecule has 88 valence electrons. The van der Waals surface area contributed by atoms with E-state index in [0.29, 0.717) is 11.2 Å². The molecule has 1 aromatic carbocycles. The lowest BCUT2D eigenvalue weighted by atomic mass is 10.2. The molecule has 0 spiro atoms. The Kier molecular flexibility index (Phi) is 3.56. The van der Waals surface area contributed by atoms with E-state index in [9.17, 15) is 18.0 Å². The minimum atomic E-state index is -1.51. The third-order valence-corrected chi connectivity index (χ3v) is 1.68. The number of nitrogens with two attached hydrogens (primary N) is 1. The standard InChI is InChI=1S/C8H8F3N3O2/c1-16-8-4(9)2-5(6(10)7(8)11)13-14(12)3-15/h2-3,13H,12H2,1H3. The van der Waals surface area contributed by atoms with Crippen LogP contribution in [-0.2, 0) is 4.79 Å². The van der Waals surface area contributed by atoms with Gasteiger partial charge in [0.1, 0.15) is 0 Å². The average molecular weight is 235 g/mol. The van der Waals surface area contributed by atoms with Gasteiger partial charge in [-0.1, -0.05) is 0 Å². The molecule has 5 nitrogen and oxygen atoms in total. The van der Waals surface area contributed by atoms with Crippen molar-refractivity contribution in [3.8, 4) is 5.75 Å². The zero-order valence-electron chi connectivity index (χ0n) is 8.13. The number of anilines is 1. The van der Waals surface area contributed by atoms with Crippen molar-refractivity contribution >= 4 is 12.1 Å². The highest BCUT2D eigenvalue weighted by atomic mass is 19.2. The predicted octanol–water partition coefficient (Wildman–Crippen LogP) is 0.772. The second-order valence-corrected chi connectivity index (χ2v) is 2.69. The van der Waals surface area contributed by atoms with Crippen molar-refractivity contribution in [2.45, 2.75) is 0 Å². The van der Waals surface area contributed by atoms with E-state index in [2.05, 4.69) is 4.74 Å². The van der Waals surface area contributed by atoms with Crippen LogP contribution in [-0.4, -0.2) is 18.6 Å². The summed E-state index contributed by atoms with van der Waals surface area (Å²) in [5, 5.41) is 0.309. The summed E-state index contributed by atoms with van der Waals surface area (Å²) in [5.41, 5.74) is 1.31. The molecular weight excluding hydrogens is 227 g/mol. The third-order valence-electron chi connectivity index (χ3n) is 1.68. The first-order valence-electron chi connectivity index (χ1n) is 3.98. The van der Waals surface area contributed by atoms with Crippen LogP contribution in [0.5, 0.6) is 5.75 Å². The molecule has 0 atom stereocenters. The van der Waals surface area contributed by atoms with Gasteiger partial charge < -0.3 is 4.74 Å². The maximum atomic E-state index is 13.2. The Morgan fingerprint density at radius 3 is 2.56 bits per heavy atom. The third kappa shape index (κ3) is 2.16. The zero-order valence-corrected chi connectivity index (χ0v) is 8.13. The Balaban J connectivity index is 3.17. The summed E-state index contributed by atoms with van der Waals surface area (Å²) in [5.74, 6) is 0.0678. The van der Waals surface area contributed by atoms with Crippen molar-refractivity contribution in [2.75, 3.05) is 12.5 Å².